The summed E-state index contributed by atoms with van der Waals surface area (Å²) in [6, 6.07) is 5.63. The molecule has 0 saturated carbocycles. The van der Waals surface area contributed by atoms with E-state index in [1.165, 1.54) is 29.5 Å². The number of benzene rings is 1. The van der Waals surface area contributed by atoms with Gasteiger partial charge >= 0.3 is 6.36 Å². The van der Waals surface area contributed by atoms with Gasteiger partial charge in [-0.3, -0.25) is 4.79 Å². The van der Waals surface area contributed by atoms with Gasteiger partial charge < -0.3 is 4.74 Å². The summed E-state index contributed by atoms with van der Waals surface area (Å²) in [6.45, 7) is 0. The Morgan fingerprint density at radius 1 is 1.24 bits per heavy atom. The van der Waals surface area contributed by atoms with Crippen molar-refractivity contribution >= 4 is 17.1 Å². The van der Waals surface area contributed by atoms with E-state index in [1.807, 2.05) is 0 Å². The number of alkyl halides is 3. The number of carbonyl (C=O) groups is 1. The lowest BCUT2D eigenvalue weighted by molar-refractivity contribution is -0.274. The molecule has 0 bridgehead atoms. The van der Waals surface area contributed by atoms with Crippen LogP contribution in [0.5, 0.6) is 5.75 Å². The van der Waals surface area contributed by atoms with Crippen LogP contribution < -0.4 is 4.74 Å². The van der Waals surface area contributed by atoms with Crippen molar-refractivity contribution in [2.75, 3.05) is 0 Å². The van der Waals surface area contributed by atoms with Crippen molar-refractivity contribution < 1.29 is 22.7 Å². The third kappa shape index (κ3) is 3.07. The Kier molecular flexibility index (Phi) is 3.44. The van der Waals surface area contributed by atoms with Crippen LogP contribution in [0.1, 0.15) is 28.2 Å². The molecule has 0 radical (unpaired) electrons. The number of nitrogens with zero attached hydrogens (tertiary/aromatic N) is 1. The van der Waals surface area contributed by atoms with Gasteiger partial charge in [-0.05, 0) is 25.0 Å². The molecule has 0 atom stereocenters. The molecular formula is C14H10F3NO2S. The van der Waals surface area contributed by atoms with Crippen molar-refractivity contribution in [3.63, 3.8) is 0 Å². The Morgan fingerprint density at radius 2 is 2.05 bits per heavy atom. The molecule has 0 aliphatic heterocycles. The second-order valence-electron chi connectivity index (χ2n) is 4.64. The van der Waals surface area contributed by atoms with Crippen LogP contribution in [0.3, 0.4) is 0 Å². The Morgan fingerprint density at radius 3 is 2.76 bits per heavy atom. The molecule has 3 rings (SSSR count). The summed E-state index contributed by atoms with van der Waals surface area (Å²) in [5, 5.41) is 0.544. The Labute approximate surface area is 122 Å². The lowest BCUT2D eigenvalue weighted by Crippen LogP contribution is -2.17. The second kappa shape index (κ2) is 5.14. The van der Waals surface area contributed by atoms with E-state index in [4.69, 9.17) is 0 Å². The predicted molar refractivity (Wildman–Crippen MR) is 71.5 cm³/mol. The molecule has 110 valence electrons. The second-order valence-corrected chi connectivity index (χ2v) is 5.73. The van der Waals surface area contributed by atoms with Crippen LogP contribution >= 0.6 is 11.3 Å². The van der Waals surface area contributed by atoms with Gasteiger partial charge in [0.15, 0.2) is 5.78 Å². The van der Waals surface area contributed by atoms with E-state index in [0.29, 0.717) is 22.7 Å². The van der Waals surface area contributed by atoms with Crippen LogP contribution in [0.15, 0.2) is 24.3 Å². The van der Waals surface area contributed by atoms with E-state index in [2.05, 4.69) is 9.72 Å². The zero-order valence-corrected chi connectivity index (χ0v) is 11.6. The number of ketones is 1. The number of ether oxygens (including phenoxy) is 1. The number of hydrogen-bond donors (Lipinski definition) is 0. The molecule has 3 nitrogen and oxygen atoms in total. The molecule has 7 heteroatoms. The molecule has 0 unspecified atom stereocenters. The number of rotatable bonds is 2. The lowest BCUT2D eigenvalue weighted by atomic mass is 10.0. The Hall–Kier alpha value is -1.89. The largest absolute Gasteiger partial charge is 0.573 e. The minimum absolute atomic E-state index is 0.00134. The highest BCUT2D eigenvalue weighted by Crippen LogP contribution is 2.34. The number of thiazole rings is 1. The maximum absolute atomic E-state index is 12.2. The summed E-state index contributed by atoms with van der Waals surface area (Å²) in [4.78, 5) is 16.9. The van der Waals surface area contributed by atoms with E-state index in [1.54, 1.807) is 6.07 Å². The highest BCUT2D eigenvalue weighted by molar-refractivity contribution is 7.15. The predicted octanol–water partition coefficient (Wildman–Crippen LogP) is 4.23. The Bertz CT molecular complexity index is 694. The fourth-order valence-electron chi connectivity index (χ4n) is 2.22. The number of Topliss-reactive ketones (excluding diaryl/α,β-unsaturated/α-hetero) is 1. The third-order valence-electron chi connectivity index (χ3n) is 3.08. The molecule has 0 amide bonds. The van der Waals surface area contributed by atoms with E-state index >= 15 is 0 Å². The third-order valence-corrected chi connectivity index (χ3v) is 4.25. The van der Waals surface area contributed by atoms with Crippen LogP contribution in [0.4, 0.5) is 13.2 Å². The average Bonchev–Trinajstić information content (AvgIpc) is 2.82. The maximum atomic E-state index is 12.2. The van der Waals surface area contributed by atoms with E-state index in [9.17, 15) is 18.0 Å². The molecular weight excluding hydrogens is 303 g/mol. The number of carbonyl (C=O) groups excluding carboxylic acids is 1. The number of aryl methyl sites for hydroxylation is 1. The molecule has 1 aromatic carbocycles. The smallest absolute Gasteiger partial charge is 0.406 e. The van der Waals surface area contributed by atoms with Gasteiger partial charge in [0, 0.05) is 16.9 Å². The number of aromatic nitrogens is 1. The summed E-state index contributed by atoms with van der Waals surface area (Å²) < 4.78 is 40.6. The SMILES string of the molecule is O=C1CCCc2sc(-c3cccc(OC(F)(F)F)c3)nc21. The molecule has 0 N–H and O–H groups in total. The summed E-state index contributed by atoms with van der Waals surface area (Å²) in [5.41, 5.74) is 0.979. The molecule has 0 fully saturated rings. The molecule has 0 saturated heterocycles. The number of halogens is 3. The van der Waals surface area contributed by atoms with Gasteiger partial charge in [-0.1, -0.05) is 12.1 Å². The fraction of sp³-hybridized carbons (Fsp3) is 0.286. The summed E-state index contributed by atoms with van der Waals surface area (Å²) in [6.07, 6.45) is -2.66. The quantitative estimate of drug-likeness (QED) is 0.833. The van der Waals surface area contributed by atoms with Gasteiger partial charge in [0.1, 0.15) is 16.5 Å². The van der Waals surface area contributed by atoms with Gasteiger partial charge in [0.25, 0.3) is 0 Å². The van der Waals surface area contributed by atoms with Gasteiger partial charge in [-0.25, -0.2) is 4.98 Å². The van der Waals surface area contributed by atoms with Crippen molar-refractivity contribution in [3.8, 4) is 16.3 Å². The first-order valence-electron chi connectivity index (χ1n) is 6.31. The summed E-state index contributed by atoms with van der Waals surface area (Å²) in [5.74, 6) is -0.291. The normalized spacial score (nSPS) is 14.9. The van der Waals surface area contributed by atoms with Crippen LogP contribution in [0.25, 0.3) is 10.6 Å². The summed E-state index contributed by atoms with van der Waals surface area (Å²) >= 11 is 1.35. The first-order valence-corrected chi connectivity index (χ1v) is 7.13. The first kappa shape index (κ1) is 14.1. The van der Waals surface area contributed by atoms with Gasteiger partial charge in [0.05, 0.1) is 0 Å². The molecule has 1 aliphatic rings. The Balaban J connectivity index is 1.94. The van der Waals surface area contributed by atoms with Crippen molar-refractivity contribution in [2.24, 2.45) is 0 Å². The van der Waals surface area contributed by atoms with Crippen molar-refractivity contribution in [1.29, 1.82) is 0 Å². The van der Waals surface area contributed by atoms with Crippen LogP contribution in [-0.4, -0.2) is 17.1 Å². The molecule has 1 heterocycles. The van der Waals surface area contributed by atoms with E-state index in [0.717, 1.165) is 17.7 Å². The highest BCUT2D eigenvalue weighted by Gasteiger charge is 2.31. The molecule has 2 aromatic rings. The number of hydrogen-bond acceptors (Lipinski definition) is 4. The molecule has 0 spiro atoms. The number of fused-ring (bicyclic) bond motifs is 1. The van der Waals surface area contributed by atoms with E-state index < -0.39 is 6.36 Å². The minimum Gasteiger partial charge on any atom is -0.406 e. The summed E-state index contributed by atoms with van der Waals surface area (Å²) in [7, 11) is 0. The minimum atomic E-state index is -4.73. The van der Waals surface area contributed by atoms with Gasteiger partial charge in [-0.15, -0.1) is 24.5 Å². The van der Waals surface area contributed by atoms with Crippen molar-refractivity contribution in [2.45, 2.75) is 25.6 Å². The maximum Gasteiger partial charge on any atom is 0.573 e. The molecule has 21 heavy (non-hydrogen) atoms. The van der Waals surface area contributed by atoms with Gasteiger partial charge in [0.2, 0.25) is 0 Å². The van der Waals surface area contributed by atoms with E-state index in [-0.39, 0.29) is 11.5 Å². The highest BCUT2D eigenvalue weighted by atomic mass is 32.1. The molecule has 1 aliphatic carbocycles. The van der Waals surface area contributed by atoms with Crippen LogP contribution in [-0.2, 0) is 6.42 Å². The zero-order chi connectivity index (χ0) is 15.0. The molecule has 1 aromatic heterocycles. The lowest BCUT2D eigenvalue weighted by Gasteiger charge is -2.09. The zero-order valence-electron chi connectivity index (χ0n) is 10.7. The van der Waals surface area contributed by atoms with Gasteiger partial charge in [-0.2, -0.15) is 0 Å². The standard InChI is InChI=1S/C14H10F3NO2S/c15-14(16,17)20-9-4-1-3-8(7-9)13-18-12-10(19)5-2-6-11(12)21-13/h1,3-4,7H,2,5-6H2. The van der Waals surface area contributed by atoms with Crippen molar-refractivity contribution in [3.05, 3.63) is 34.8 Å². The van der Waals surface area contributed by atoms with Crippen LogP contribution in [0, 0.1) is 0 Å². The monoisotopic (exact) mass is 313 g/mol. The topological polar surface area (TPSA) is 39.2 Å². The van der Waals surface area contributed by atoms with Crippen LogP contribution in [0.2, 0.25) is 0 Å². The average molecular weight is 313 g/mol. The van der Waals surface area contributed by atoms with Crippen molar-refractivity contribution in [1.82, 2.24) is 4.98 Å². The first-order chi connectivity index (χ1) is 9.92. The fourth-order valence-corrected chi connectivity index (χ4v) is 3.33.